The molecule has 414 valence electrons. The lowest BCUT2D eigenvalue weighted by Crippen LogP contribution is -2.66. The van der Waals surface area contributed by atoms with Gasteiger partial charge in [-0.05, 0) is 130 Å². The number of benzene rings is 3. The second-order valence-corrected chi connectivity index (χ2v) is 26.5. The highest BCUT2D eigenvalue weighted by Gasteiger charge is 2.73. The van der Waals surface area contributed by atoms with Gasteiger partial charge in [-0.3, -0.25) is 19.4 Å². The first-order valence-electron chi connectivity index (χ1n) is 25.8. The van der Waals surface area contributed by atoms with Gasteiger partial charge in [0, 0.05) is 105 Å². The molecule has 2 saturated heterocycles. The normalized spacial score (nSPS) is 22.7. The van der Waals surface area contributed by atoms with E-state index in [1.165, 1.54) is 35.0 Å². The summed E-state index contributed by atoms with van der Waals surface area (Å²) >= 11 is 1.42. The van der Waals surface area contributed by atoms with Crippen LogP contribution in [0, 0.1) is 16.2 Å². The maximum atomic E-state index is 14.3. The molecule has 0 spiro atoms. The first-order valence-corrected chi connectivity index (χ1v) is 29.7. The van der Waals surface area contributed by atoms with Gasteiger partial charge in [-0.2, -0.15) is 13.2 Å². The second-order valence-electron chi connectivity index (χ2n) is 21.8. The van der Waals surface area contributed by atoms with Gasteiger partial charge in [0.1, 0.15) is 4.90 Å². The highest BCUT2D eigenvalue weighted by Crippen LogP contribution is 2.79. The quantitative estimate of drug-likeness (QED) is 0.0379. The lowest BCUT2D eigenvalue weighted by molar-refractivity contribution is -0.250. The number of unbranched alkanes of at least 4 members (excludes halogenated alkanes) is 2. The molecule has 4 N–H and O–H groups in total. The first-order chi connectivity index (χ1) is 35.0. The number of halogens is 6. The summed E-state index contributed by atoms with van der Waals surface area (Å²) in [5, 5.41) is 3.00. The number of hydrogen-bond acceptors (Lipinski definition) is 12. The Hall–Kier alpha value is -3.99. The Balaban J connectivity index is 0.00000820. The Morgan fingerprint density at radius 3 is 2.11 bits per heavy atom. The monoisotopic (exact) mass is 1130 g/mol. The number of nitrogens with one attached hydrogen (secondary N) is 2. The fourth-order valence-electron chi connectivity index (χ4n) is 11.6. The van der Waals surface area contributed by atoms with Crippen LogP contribution < -0.4 is 20.7 Å². The second kappa shape index (κ2) is 23.9. The molecule has 4 aliphatic carbocycles. The maximum Gasteiger partial charge on any atom is 0.501 e. The van der Waals surface area contributed by atoms with E-state index in [1.54, 1.807) is 12.1 Å². The number of rotatable bonds is 22. The van der Waals surface area contributed by atoms with E-state index < -0.39 is 64.6 Å². The van der Waals surface area contributed by atoms with E-state index >= 15 is 0 Å². The van der Waals surface area contributed by atoms with Crippen molar-refractivity contribution < 1.29 is 48.4 Å². The molecule has 0 aromatic heterocycles. The number of piperazine rings is 2. The minimum atomic E-state index is -6.12. The number of hydrogen-bond donors (Lipinski definition) is 3. The van der Waals surface area contributed by atoms with Gasteiger partial charge in [-0.1, -0.05) is 49.6 Å². The molecule has 1 atom stereocenters. The lowest BCUT2D eigenvalue weighted by Gasteiger charge is -2.72. The molecule has 3 saturated carbocycles. The molecule has 6 aliphatic rings. The van der Waals surface area contributed by atoms with Crippen LogP contribution in [-0.4, -0.2) is 139 Å². The van der Waals surface area contributed by atoms with Crippen LogP contribution in [0.4, 0.5) is 33.3 Å². The van der Waals surface area contributed by atoms with E-state index in [2.05, 4.69) is 33.9 Å². The summed E-state index contributed by atoms with van der Waals surface area (Å²) in [7, 11) is -11.0. The van der Waals surface area contributed by atoms with E-state index in [4.69, 9.17) is 5.73 Å². The summed E-state index contributed by atoms with van der Waals surface area (Å²) in [6, 6.07) is 17.4. The Morgan fingerprint density at radius 1 is 0.827 bits per heavy atom. The number of anilines is 2. The summed E-state index contributed by atoms with van der Waals surface area (Å²) < 4.78 is 126. The molecule has 13 nitrogen and oxygen atoms in total. The number of nitrogens with two attached hydrogens (primary N) is 1. The number of sulfonamides is 1. The lowest BCUT2D eigenvalue weighted by atomic mass is 9.32. The third-order valence-corrected chi connectivity index (χ3v) is 19.9. The Labute approximate surface area is 449 Å². The Morgan fingerprint density at radius 2 is 1.48 bits per heavy atom. The molecule has 5 fully saturated rings. The van der Waals surface area contributed by atoms with Crippen LogP contribution in [0.25, 0.3) is 0 Å². The average Bonchev–Trinajstić information content (AvgIpc) is 3.33. The Bertz CT molecular complexity index is 2720. The van der Waals surface area contributed by atoms with E-state index in [0.29, 0.717) is 96.3 Å². The number of thioether (sulfide) groups is 1. The molecule has 0 radical (unpaired) electrons. The van der Waals surface area contributed by atoms with Crippen molar-refractivity contribution in [2.45, 2.75) is 117 Å². The van der Waals surface area contributed by atoms with Crippen LogP contribution in [0.1, 0.15) is 94.8 Å². The fraction of sp³-hybridized carbons (Fsp3) is 0.585. The van der Waals surface area contributed by atoms with Gasteiger partial charge >= 0.3 is 5.51 Å². The molecule has 2 aliphatic heterocycles. The van der Waals surface area contributed by atoms with Gasteiger partial charge in [-0.15, -0.1) is 24.2 Å². The van der Waals surface area contributed by atoms with Gasteiger partial charge in [-0.25, -0.2) is 30.3 Å². The zero-order valence-electron chi connectivity index (χ0n) is 42.7. The summed E-state index contributed by atoms with van der Waals surface area (Å²) in [6.07, 6.45) is 5.85. The van der Waals surface area contributed by atoms with Crippen molar-refractivity contribution in [1.29, 1.82) is 0 Å². The molecule has 2 amide bonds. The number of carbonyl (C=O) groups excluding carboxylic acids is 2. The molecule has 2 heterocycles. The first kappa shape index (κ1) is 58.7. The van der Waals surface area contributed by atoms with E-state index in [-0.39, 0.29) is 34.7 Å². The van der Waals surface area contributed by atoms with Crippen LogP contribution in [0.5, 0.6) is 0 Å². The number of sulfone groups is 1. The molecular weight excluding hydrogens is 1060 g/mol. The van der Waals surface area contributed by atoms with Crippen molar-refractivity contribution in [2.75, 3.05) is 88.0 Å². The molecule has 3 aromatic carbocycles. The number of carbonyl (C=O) groups is 2. The van der Waals surface area contributed by atoms with Crippen molar-refractivity contribution in [3.63, 3.8) is 0 Å². The molecule has 3 aromatic rings. The van der Waals surface area contributed by atoms with Gasteiger partial charge in [0.25, 0.3) is 25.8 Å². The smallest absolute Gasteiger partial charge is 0.380 e. The molecule has 75 heavy (non-hydrogen) atoms. The van der Waals surface area contributed by atoms with Crippen LogP contribution in [0.15, 0.2) is 98.6 Å². The Kier molecular flexibility index (Phi) is 18.7. The van der Waals surface area contributed by atoms with Crippen LogP contribution in [0.3, 0.4) is 0 Å². The van der Waals surface area contributed by atoms with Gasteiger partial charge in [0.2, 0.25) is 12.3 Å². The standard InChI is InChI=1S/C53H70F5N7O6S3.ClH/c1-50(2)20-18-39(44(32-50)51-35-52(36-51,37-51)49(54)55)33-63-25-27-64(28-26-63)41-14-12-38(13-15-41)48(67)61-74(70,71)43-16-17-45(46(31-43)73(68,69)53(56,57)58)60-40(34-72-42-9-5-3-6-10-42)19-22-62-23-29-65(30-24-62)47(66)11-7-4-8-21-59;/h3,5-6,9-10,12-17,31,40,49,60H,4,7-8,11,18-30,32-37,59H2,1-2H3,(H,61,67);1H/t40-,51?,52?;/m1./s1. The van der Waals surface area contributed by atoms with Crippen molar-refractivity contribution in [3.05, 3.63) is 89.5 Å². The summed E-state index contributed by atoms with van der Waals surface area (Å²) in [5.41, 5.74) is 2.25. The molecule has 9 rings (SSSR count). The minimum Gasteiger partial charge on any atom is -0.380 e. The zero-order valence-corrected chi connectivity index (χ0v) is 46.0. The van der Waals surface area contributed by atoms with Crippen molar-refractivity contribution in [2.24, 2.45) is 22.0 Å². The highest BCUT2D eigenvalue weighted by molar-refractivity contribution is 7.99. The van der Waals surface area contributed by atoms with Gasteiger partial charge < -0.3 is 20.9 Å². The fourth-order valence-corrected chi connectivity index (χ4v) is 14.6. The predicted molar refractivity (Wildman–Crippen MR) is 286 cm³/mol. The summed E-state index contributed by atoms with van der Waals surface area (Å²) in [4.78, 5) is 33.5. The molecule has 0 unspecified atom stereocenters. The number of nitrogens with zero attached hydrogens (tertiary/aromatic N) is 4. The predicted octanol–water partition coefficient (Wildman–Crippen LogP) is 9.21. The number of alkyl halides is 5. The van der Waals surface area contributed by atoms with Crippen molar-refractivity contribution >= 4 is 67.2 Å². The largest absolute Gasteiger partial charge is 0.501 e. The van der Waals surface area contributed by atoms with Crippen molar-refractivity contribution in [3.8, 4) is 0 Å². The summed E-state index contributed by atoms with van der Waals surface area (Å²) in [5.74, 6) is -0.660. The number of allylic oxidation sites excluding steroid dienone is 1. The SMILES string of the molecule is CC1(C)CCC(CN2CCN(c3ccc(C(=O)NS(=O)(=O)c4ccc(N[C@H](CCN5CCN(C(=O)CCCCCN)CC5)CSc5ccccc5)c(S(=O)(=O)C(F)(F)F)c4)cc3)CC2)=C(C23CC(C(F)F)(C2)C3)C1.Cl. The summed E-state index contributed by atoms with van der Waals surface area (Å²) in [6.45, 7) is 11.5. The van der Waals surface area contributed by atoms with Gasteiger partial charge in [0.05, 0.1) is 10.6 Å². The molecule has 2 bridgehead atoms. The minimum absolute atomic E-state index is 0. The van der Waals surface area contributed by atoms with E-state index in [1.807, 2.05) is 40.0 Å². The van der Waals surface area contributed by atoms with E-state index in [9.17, 15) is 48.4 Å². The van der Waals surface area contributed by atoms with Crippen molar-refractivity contribution in [1.82, 2.24) is 19.4 Å². The van der Waals surface area contributed by atoms with Crippen LogP contribution in [0.2, 0.25) is 0 Å². The third kappa shape index (κ3) is 13.7. The molecule has 22 heteroatoms. The van der Waals surface area contributed by atoms with E-state index in [0.717, 1.165) is 80.9 Å². The van der Waals surface area contributed by atoms with Gasteiger partial charge in [0.15, 0.2) is 0 Å². The highest BCUT2D eigenvalue weighted by atomic mass is 35.5. The topological polar surface area (TPSA) is 165 Å². The molecular formula is C53H71ClF5N7O6S3. The number of amides is 2. The third-order valence-electron chi connectivity index (χ3n) is 15.9. The van der Waals surface area contributed by atoms with Crippen LogP contribution in [-0.2, 0) is 24.7 Å². The average molecular weight is 1130 g/mol. The van der Waals surface area contributed by atoms with Crippen LogP contribution >= 0.6 is 24.2 Å². The maximum absolute atomic E-state index is 14.3. The zero-order chi connectivity index (χ0) is 53.1.